The number of nitrogens with one attached hydrogen (secondary N) is 3. The number of anilines is 5. The molecule has 0 amide bonds. The molecule has 3 saturated heterocycles. The Morgan fingerprint density at radius 3 is 2.52 bits per heavy atom. The number of nitrogens with zero attached hydrogens (tertiary/aromatic N) is 6. The van der Waals surface area contributed by atoms with E-state index in [9.17, 15) is 9.36 Å². The van der Waals surface area contributed by atoms with E-state index in [1.54, 1.807) is 26.6 Å². The second kappa shape index (κ2) is 19.5. The van der Waals surface area contributed by atoms with Crippen LogP contribution in [0.1, 0.15) is 55.2 Å². The van der Waals surface area contributed by atoms with Gasteiger partial charge in [-0.3, -0.25) is 4.90 Å². The summed E-state index contributed by atoms with van der Waals surface area (Å²) in [5.41, 5.74) is 6.44. The molecule has 1 aromatic heterocycles. The van der Waals surface area contributed by atoms with Gasteiger partial charge >= 0.3 is 0 Å². The van der Waals surface area contributed by atoms with Gasteiger partial charge in [0.1, 0.15) is 23.6 Å². The van der Waals surface area contributed by atoms with Gasteiger partial charge in [-0.1, -0.05) is 41.6 Å². The first-order valence-corrected chi connectivity index (χ1v) is 24.6. The van der Waals surface area contributed by atoms with Crippen molar-refractivity contribution < 1.29 is 14.1 Å². The number of benzene rings is 3. The van der Waals surface area contributed by atoms with E-state index < -0.39 is 7.14 Å². The van der Waals surface area contributed by atoms with Crippen molar-refractivity contribution in [3.63, 3.8) is 0 Å². The topological polar surface area (TPSA) is 118 Å². The van der Waals surface area contributed by atoms with Crippen molar-refractivity contribution in [2.24, 2.45) is 0 Å². The van der Waals surface area contributed by atoms with Crippen molar-refractivity contribution in [1.82, 2.24) is 30.0 Å². The van der Waals surface area contributed by atoms with Gasteiger partial charge in [-0.05, 0) is 100 Å². The maximum Gasteiger partial charge on any atom is 0.229 e. The lowest BCUT2D eigenvalue weighted by Crippen LogP contribution is -2.53. The van der Waals surface area contributed by atoms with Gasteiger partial charge in [0.25, 0.3) is 0 Å². The van der Waals surface area contributed by atoms with Crippen LogP contribution in [-0.4, -0.2) is 122 Å². The second-order valence-corrected chi connectivity index (χ2v) is 20.4. The molecular formula is C47H57ClN9O3P. The molecule has 14 heteroatoms. The minimum absolute atomic E-state index is 0.349. The molecule has 0 bridgehead atoms. The standard InChI is InChI=1S/C47H57ClN9O3P/c1-60-44-29-37(16-17-41(44)52-47-50-31-40(48)46(53-47)51-42-12-6-7-13-45(42)61(2,3)59)55-22-18-36(19-23-55)56-26-24-54(25-27-56)21-8-4-5-10-34-14-15-35-32-57(38-11-9-20-49-30-38)43(33-58)39(35)28-34/h6-7,12-17,28-29,31,36,38,49H,4,8-9,11,18-27,30,32H2,1-3H3,(H2,50,51,52,53). The Bertz CT molecular complexity index is 2350. The molecule has 0 spiro atoms. The van der Waals surface area contributed by atoms with Crippen molar-refractivity contribution >= 4 is 64.5 Å². The largest absolute Gasteiger partial charge is 0.494 e. The number of carbonyl (C=O) groups excluding carboxylic acids is 1. The number of aromatic nitrogens is 2. The summed E-state index contributed by atoms with van der Waals surface area (Å²) < 4.78 is 18.7. The van der Waals surface area contributed by atoms with Crippen molar-refractivity contribution in [1.29, 1.82) is 0 Å². The molecule has 320 valence electrons. The van der Waals surface area contributed by atoms with Gasteiger partial charge in [-0.2, -0.15) is 4.98 Å². The van der Waals surface area contributed by atoms with Gasteiger partial charge in [0, 0.05) is 99.0 Å². The molecule has 0 saturated carbocycles. The van der Waals surface area contributed by atoms with Crippen LogP contribution in [0.4, 0.5) is 28.8 Å². The monoisotopic (exact) mass is 861 g/mol. The average Bonchev–Trinajstić information content (AvgIpc) is 3.66. The summed E-state index contributed by atoms with van der Waals surface area (Å²) in [5, 5.41) is 11.1. The van der Waals surface area contributed by atoms with E-state index in [-0.39, 0.29) is 0 Å². The van der Waals surface area contributed by atoms with Crippen LogP contribution in [0, 0.1) is 11.8 Å². The van der Waals surface area contributed by atoms with E-state index in [0.29, 0.717) is 46.0 Å². The normalized spacial score (nSPS) is 18.9. The molecule has 12 nitrogen and oxygen atoms in total. The van der Waals surface area contributed by atoms with Crippen molar-refractivity contribution in [3.8, 4) is 17.6 Å². The highest BCUT2D eigenvalue weighted by Gasteiger charge is 2.32. The van der Waals surface area contributed by atoms with E-state index in [2.05, 4.69) is 93.6 Å². The number of piperazine rings is 1. The maximum absolute atomic E-state index is 12.9. The zero-order valence-electron chi connectivity index (χ0n) is 35.6. The number of rotatable bonds is 12. The van der Waals surface area contributed by atoms with Gasteiger partial charge in [-0.15, -0.1) is 0 Å². The molecule has 3 aromatic carbocycles. The summed E-state index contributed by atoms with van der Waals surface area (Å²) in [7, 11) is -0.864. The Morgan fingerprint density at radius 2 is 1.77 bits per heavy atom. The Hall–Kier alpha value is -4.85. The molecule has 0 radical (unpaired) electrons. The summed E-state index contributed by atoms with van der Waals surface area (Å²) in [5.74, 6) is 10.5. The predicted octanol–water partition coefficient (Wildman–Crippen LogP) is 7.03. The highest BCUT2D eigenvalue weighted by atomic mass is 35.5. The number of halogens is 1. The molecular weight excluding hydrogens is 805 g/mol. The third-order valence-corrected chi connectivity index (χ3v) is 14.3. The quantitative estimate of drug-likeness (QED) is 0.0588. The molecule has 61 heavy (non-hydrogen) atoms. The lowest BCUT2D eigenvalue weighted by atomic mass is 10.0. The summed E-state index contributed by atoms with van der Waals surface area (Å²) >= 11 is 6.49. The van der Waals surface area contributed by atoms with Crippen LogP contribution in [0.25, 0.3) is 5.70 Å². The molecule has 4 aliphatic heterocycles. The third kappa shape index (κ3) is 10.3. The van der Waals surface area contributed by atoms with Crippen LogP contribution in [0.5, 0.6) is 5.75 Å². The molecule has 3 N–H and O–H groups in total. The van der Waals surface area contributed by atoms with Gasteiger partial charge in [0.15, 0.2) is 11.8 Å². The molecule has 1 unspecified atom stereocenters. The van der Waals surface area contributed by atoms with Gasteiger partial charge in [0.05, 0.1) is 24.7 Å². The number of hydrogen-bond acceptors (Lipinski definition) is 12. The number of fused-ring (bicyclic) bond motifs is 1. The molecule has 0 aliphatic carbocycles. The Balaban J connectivity index is 0.777. The molecule has 1 atom stereocenters. The first-order valence-electron chi connectivity index (χ1n) is 21.6. The number of ether oxygens (including phenoxy) is 1. The average molecular weight is 862 g/mol. The highest BCUT2D eigenvalue weighted by Crippen LogP contribution is 2.39. The number of para-hydroxylation sites is 1. The van der Waals surface area contributed by atoms with Gasteiger partial charge < -0.3 is 40.0 Å². The van der Waals surface area contributed by atoms with Crippen LogP contribution in [0.2, 0.25) is 5.02 Å². The fourth-order valence-corrected chi connectivity index (χ4v) is 10.4. The first-order chi connectivity index (χ1) is 29.7. The van der Waals surface area contributed by atoms with Crippen LogP contribution >= 0.6 is 18.7 Å². The number of unbranched alkanes of at least 4 members (excludes halogenated alkanes) is 1. The van der Waals surface area contributed by atoms with E-state index in [1.165, 1.54) is 5.56 Å². The van der Waals surface area contributed by atoms with Crippen LogP contribution in [0.3, 0.4) is 0 Å². The van der Waals surface area contributed by atoms with Gasteiger partial charge in [-0.25, -0.2) is 9.78 Å². The lowest BCUT2D eigenvalue weighted by Gasteiger charge is -2.43. The van der Waals surface area contributed by atoms with Crippen molar-refractivity contribution in [2.45, 2.75) is 57.2 Å². The fraction of sp³-hybridized carbons (Fsp3) is 0.447. The number of piperidine rings is 2. The molecule has 3 fully saturated rings. The van der Waals surface area contributed by atoms with Crippen molar-refractivity contribution in [2.75, 3.05) is 94.9 Å². The summed E-state index contributed by atoms with van der Waals surface area (Å²) in [4.78, 5) is 31.0. The van der Waals surface area contributed by atoms with E-state index in [4.69, 9.17) is 16.3 Å². The van der Waals surface area contributed by atoms with E-state index >= 15 is 0 Å². The zero-order valence-corrected chi connectivity index (χ0v) is 37.2. The molecule has 4 aliphatic rings. The predicted molar refractivity (Wildman–Crippen MR) is 248 cm³/mol. The fourth-order valence-electron chi connectivity index (χ4n) is 9.14. The minimum Gasteiger partial charge on any atom is -0.494 e. The van der Waals surface area contributed by atoms with Crippen LogP contribution in [-0.2, 0) is 15.9 Å². The molecule has 5 heterocycles. The number of hydrogen-bond donors (Lipinski definition) is 3. The van der Waals surface area contributed by atoms with E-state index in [1.807, 2.05) is 30.3 Å². The smallest absolute Gasteiger partial charge is 0.229 e. The Labute approximate surface area is 365 Å². The van der Waals surface area contributed by atoms with Crippen molar-refractivity contribution in [3.05, 3.63) is 88.6 Å². The zero-order chi connectivity index (χ0) is 42.3. The second-order valence-electron chi connectivity index (χ2n) is 16.8. The highest BCUT2D eigenvalue weighted by molar-refractivity contribution is 7.70. The molecule has 4 aromatic rings. The summed E-state index contributed by atoms with van der Waals surface area (Å²) in [6.07, 6.45) is 7.96. The Kier molecular flexibility index (Phi) is 13.7. The van der Waals surface area contributed by atoms with Crippen LogP contribution in [0.15, 0.2) is 66.9 Å². The maximum atomic E-state index is 12.9. The summed E-state index contributed by atoms with van der Waals surface area (Å²) in [6, 6.07) is 21.0. The lowest BCUT2D eigenvalue weighted by molar-refractivity contribution is 0.0845. The minimum atomic E-state index is -2.54. The molecule has 8 rings (SSSR count). The first kappa shape index (κ1) is 42.8. The Morgan fingerprint density at radius 1 is 0.951 bits per heavy atom. The number of methoxy groups -OCH3 is 1. The van der Waals surface area contributed by atoms with E-state index in [0.717, 1.165) is 132 Å². The van der Waals surface area contributed by atoms with Crippen LogP contribution < -0.4 is 30.9 Å². The van der Waals surface area contributed by atoms with Gasteiger partial charge in [0.2, 0.25) is 5.95 Å². The third-order valence-electron chi connectivity index (χ3n) is 12.5. The summed E-state index contributed by atoms with van der Waals surface area (Å²) in [6.45, 7) is 13.7. The SMILES string of the molecule is COc1cc(N2CCC(N3CCN(CCCC#Cc4ccc5c(c4)C(=C=O)N(C4CCCNC4)C5)CC3)CC2)ccc1Nc1ncc(Cl)c(Nc2ccccc2P(C)(C)=O)n1.